The van der Waals surface area contributed by atoms with Gasteiger partial charge in [0.1, 0.15) is 18.4 Å². The lowest BCUT2D eigenvalue weighted by Gasteiger charge is -2.29. The second-order valence-electron chi connectivity index (χ2n) is 7.00. The van der Waals surface area contributed by atoms with E-state index in [9.17, 15) is 13.2 Å². The molecule has 6 nitrogen and oxygen atoms in total. The lowest BCUT2D eigenvalue weighted by atomic mass is 10.1. The van der Waals surface area contributed by atoms with Gasteiger partial charge < -0.3 is 10.1 Å². The first-order valence-corrected chi connectivity index (χ1v) is 11.5. The molecule has 2 aromatic rings. The monoisotopic (exact) mass is 438 g/mol. The summed E-state index contributed by atoms with van der Waals surface area (Å²) in [4.78, 5) is 12.6. The van der Waals surface area contributed by atoms with Gasteiger partial charge in [0.05, 0.1) is 18.5 Å². The van der Waals surface area contributed by atoms with E-state index < -0.39 is 22.0 Å². The van der Waals surface area contributed by atoms with Gasteiger partial charge in [-0.1, -0.05) is 29.8 Å². The molecule has 0 aliphatic rings. The van der Waals surface area contributed by atoms with Crippen molar-refractivity contribution in [3.05, 3.63) is 58.1 Å². The van der Waals surface area contributed by atoms with Gasteiger partial charge in [-0.25, -0.2) is 8.42 Å². The number of sulfonamides is 1. The van der Waals surface area contributed by atoms with E-state index in [0.717, 1.165) is 27.4 Å². The third-order valence-electron chi connectivity index (χ3n) is 4.71. The van der Waals surface area contributed by atoms with Gasteiger partial charge in [0.15, 0.2) is 0 Å². The highest BCUT2D eigenvalue weighted by Crippen LogP contribution is 2.28. The van der Waals surface area contributed by atoms with Crippen LogP contribution < -0.4 is 14.4 Å². The van der Waals surface area contributed by atoms with E-state index in [-0.39, 0.29) is 13.2 Å². The highest BCUT2D eigenvalue weighted by atomic mass is 35.5. The molecule has 0 spiro atoms. The van der Waals surface area contributed by atoms with E-state index in [1.54, 1.807) is 32.0 Å². The molecule has 0 saturated heterocycles. The summed E-state index contributed by atoms with van der Waals surface area (Å²) in [7, 11) is -3.70. The first-order valence-electron chi connectivity index (χ1n) is 9.24. The highest BCUT2D eigenvalue weighted by molar-refractivity contribution is 7.92. The van der Waals surface area contributed by atoms with Gasteiger partial charge in [0, 0.05) is 5.02 Å². The Kier molecular flexibility index (Phi) is 7.54. The van der Waals surface area contributed by atoms with Crippen LogP contribution in [-0.4, -0.2) is 39.8 Å². The second-order valence-corrected chi connectivity index (χ2v) is 9.30. The number of nitrogens with zero attached hydrogens (tertiary/aromatic N) is 1. The van der Waals surface area contributed by atoms with Crippen molar-refractivity contribution in [1.82, 2.24) is 5.32 Å². The lowest BCUT2D eigenvalue weighted by Crippen LogP contribution is -2.48. The number of anilines is 1. The summed E-state index contributed by atoms with van der Waals surface area (Å²) < 4.78 is 31.6. The normalized spacial score (nSPS) is 12.3. The average Bonchev–Trinajstić information content (AvgIpc) is 2.63. The fourth-order valence-electron chi connectivity index (χ4n) is 2.96. The predicted molar refractivity (Wildman–Crippen MR) is 117 cm³/mol. The number of carbonyl (C=O) groups excluding carboxylic acids is 1. The minimum atomic E-state index is -3.70. The summed E-state index contributed by atoms with van der Waals surface area (Å²) in [5, 5.41) is 3.14. The average molecular weight is 439 g/mol. The SMILES string of the molecule is Cc1ccc(Cl)cc1N(C(C)C(=O)NCCOc1cccc(C)c1C)S(C)(=O)=O. The summed E-state index contributed by atoms with van der Waals surface area (Å²) in [5.41, 5.74) is 3.26. The minimum absolute atomic E-state index is 0.253. The number of amides is 1. The quantitative estimate of drug-likeness (QED) is 0.639. The van der Waals surface area contributed by atoms with Crippen molar-refractivity contribution in [2.75, 3.05) is 23.7 Å². The highest BCUT2D eigenvalue weighted by Gasteiger charge is 2.30. The van der Waals surface area contributed by atoms with Gasteiger partial charge in [0.25, 0.3) is 0 Å². The Morgan fingerprint density at radius 2 is 1.86 bits per heavy atom. The van der Waals surface area contributed by atoms with Gasteiger partial charge in [0.2, 0.25) is 15.9 Å². The Hall–Kier alpha value is -2.25. The minimum Gasteiger partial charge on any atom is -0.491 e. The van der Waals surface area contributed by atoms with Crippen molar-refractivity contribution in [1.29, 1.82) is 0 Å². The summed E-state index contributed by atoms with van der Waals surface area (Å²) in [6.45, 7) is 7.82. The Balaban J connectivity index is 2.06. The maximum atomic E-state index is 12.6. The third kappa shape index (κ3) is 5.87. The van der Waals surface area contributed by atoms with Crippen molar-refractivity contribution in [2.24, 2.45) is 0 Å². The molecule has 0 aliphatic carbocycles. The topological polar surface area (TPSA) is 75.7 Å². The molecule has 0 heterocycles. The first kappa shape index (κ1) is 23.0. The standard InChI is InChI=1S/C21H27ClN2O4S/c1-14-7-6-8-20(16(14)3)28-12-11-23-21(25)17(4)24(29(5,26)27)19-13-18(22)10-9-15(19)2/h6-10,13,17H,11-12H2,1-5H3,(H,23,25). The van der Waals surface area contributed by atoms with Crippen molar-refractivity contribution in [3.63, 3.8) is 0 Å². The molecule has 0 saturated carbocycles. The summed E-state index contributed by atoms with van der Waals surface area (Å²) in [6, 6.07) is 9.79. The Bertz CT molecular complexity index is 992. The van der Waals surface area contributed by atoms with Crippen LogP contribution >= 0.6 is 11.6 Å². The van der Waals surface area contributed by atoms with Crippen molar-refractivity contribution >= 4 is 33.2 Å². The number of rotatable bonds is 8. The molecule has 1 unspecified atom stereocenters. The van der Waals surface area contributed by atoms with E-state index in [1.807, 2.05) is 32.0 Å². The van der Waals surface area contributed by atoms with Gasteiger partial charge in [-0.05, 0) is 62.6 Å². The predicted octanol–water partition coefficient (Wildman–Crippen LogP) is 3.61. The molecule has 2 aromatic carbocycles. The number of ether oxygens (including phenoxy) is 1. The molecule has 8 heteroatoms. The molecule has 1 N–H and O–H groups in total. The fourth-order valence-corrected chi connectivity index (χ4v) is 4.35. The zero-order valence-electron chi connectivity index (χ0n) is 17.3. The van der Waals surface area contributed by atoms with Crippen LogP contribution in [0.15, 0.2) is 36.4 Å². The summed E-state index contributed by atoms with van der Waals surface area (Å²) in [5.74, 6) is 0.346. The van der Waals surface area contributed by atoms with Gasteiger partial charge in [-0.2, -0.15) is 0 Å². The molecule has 1 atom stereocenters. The Labute approximate surface area is 177 Å². The smallest absolute Gasteiger partial charge is 0.243 e. The molecule has 29 heavy (non-hydrogen) atoms. The van der Waals surface area contributed by atoms with Gasteiger partial charge >= 0.3 is 0 Å². The van der Waals surface area contributed by atoms with Crippen LogP contribution in [0, 0.1) is 20.8 Å². The number of carbonyl (C=O) groups is 1. The summed E-state index contributed by atoms with van der Waals surface area (Å²) in [6.07, 6.45) is 1.07. The van der Waals surface area contributed by atoms with Gasteiger partial charge in [-0.3, -0.25) is 9.10 Å². The van der Waals surface area contributed by atoms with Crippen molar-refractivity contribution in [3.8, 4) is 5.75 Å². The largest absolute Gasteiger partial charge is 0.491 e. The number of nitrogens with one attached hydrogen (secondary N) is 1. The lowest BCUT2D eigenvalue weighted by molar-refractivity contribution is -0.121. The van der Waals surface area contributed by atoms with Crippen LogP contribution in [0.1, 0.15) is 23.6 Å². The van der Waals surface area contributed by atoms with E-state index in [2.05, 4.69) is 5.32 Å². The Morgan fingerprint density at radius 1 is 1.17 bits per heavy atom. The van der Waals surface area contributed by atoms with Crippen LogP contribution in [0.3, 0.4) is 0 Å². The summed E-state index contributed by atoms with van der Waals surface area (Å²) >= 11 is 6.04. The number of benzene rings is 2. The maximum absolute atomic E-state index is 12.6. The van der Waals surface area contributed by atoms with Crippen LogP contribution in [0.5, 0.6) is 5.75 Å². The van der Waals surface area contributed by atoms with Gasteiger partial charge in [-0.15, -0.1) is 0 Å². The zero-order chi connectivity index (χ0) is 21.8. The fraction of sp³-hybridized carbons (Fsp3) is 0.381. The van der Waals surface area contributed by atoms with E-state index in [1.165, 1.54) is 0 Å². The number of aryl methyl sites for hydroxylation is 2. The molecule has 0 bridgehead atoms. The third-order valence-corrected chi connectivity index (χ3v) is 6.17. The van der Waals surface area contributed by atoms with Crippen LogP contribution in [0.25, 0.3) is 0 Å². The first-order chi connectivity index (χ1) is 13.5. The molecule has 1 amide bonds. The van der Waals surface area contributed by atoms with E-state index in [4.69, 9.17) is 16.3 Å². The number of hydrogen-bond acceptors (Lipinski definition) is 4. The second kappa shape index (κ2) is 9.50. The Morgan fingerprint density at radius 3 is 2.52 bits per heavy atom. The van der Waals surface area contributed by atoms with Crippen LogP contribution in [0.2, 0.25) is 5.02 Å². The van der Waals surface area contributed by atoms with Crippen LogP contribution in [-0.2, 0) is 14.8 Å². The maximum Gasteiger partial charge on any atom is 0.243 e. The van der Waals surface area contributed by atoms with Crippen molar-refractivity contribution < 1.29 is 17.9 Å². The molecule has 0 radical (unpaired) electrons. The van der Waals surface area contributed by atoms with Crippen molar-refractivity contribution in [2.45, 2.75) is 33.7 Å². The number of halogens is 1. The van der Waals surface area contributed by atoms with E-state index >= 15 is 0 Å². The molecule has 0 fully saturated rings. The van der Waals surface area contributed by atoms with Crippen LogP contribution in [0.4, 0.5) is 5.69 Å². The molecular formula is C21H27ClN2O4S. The molecule has 0 aromatic heterocycles. The van der Waals surface area contributed by atoms with E-state index in [0.29, 0.717) is 16.3 Å². The number of hydrogen-bond donors (Lipinski definition) is 1. The molecule has 0 aliphatic heterocycles. The zero-order valence-corrected chi connectivity index (χ0v) is 18.9. The molecule has 158 valence electrons. The molecular weight excluding hydrogens is 412 g/mol. The molecule has 2 rings (SSSR count).